The van der Waals surface area contributed by atoms with Gasteiger partial charge in [0.15, 0.2) is 0 Å². The molecule has 2 rings (SSSR count). The maximum absolute atomic E-state index is 12.6. The molecule has 1 aliphatic rings. The van der Waals surface area contributed by atoms with Crippen LogP contribution in [-0.4, -0.2) is 13.1 Å². The van der Waals surface area contributed by atoms with Crippen molar-refractivity contribution in [2.24, 2.45) is 5.92 Å². The van der Waals surface area contributed by atoms with Gasteiger partial charge in [0.25, 0.3) is 0 Å². The minimum atomic E-state index is -4.40. The number of alkyl halides is 3. The van der Waals surface area contributed by atoms with Gasteiger partial charge in [-0.2, -0.15) is 13.2 Å². The van der Waals surface area contributed by atoms with Crippen molar-refractivity contribution in [2.75, 3.05) is 13.1 Å². The Morgan fingerprint density at radius 3 is 2.40 bits per heavy atom. The molecule has 1 saturated heterocycles. The van der Waals surface area contributed by atoms with Gasteiger partial charge < -0.3 is 5.32 Å². The molecular formula is C16H18F3N. The van der Waals surface area contributed by atoms with Gasteiger partial charge >= 0.3 is 6.18 Å². The maximum atomic E-state index is 12.6. The number of hydrogen-bond donors (Lipinski definition) is 1. The van der Waals surface area contributed by atoms with Crippen molar-refractivity contribution in [1.82, 2.24) is 5.32 Å². The van der Waals surface area contributed by atoms with Crippen molar-refractivity contribution < 1.29 is 13.2 Å². The Balaban J connectivity index is 0.000000956. The van der Waals surface area contributed by atoms with E-state index >= 15 is 0 Å². The average molecular weight is 281 g/mol. The molecule has 0 saturated carbocycles. The lowest BCUT2D eigenvalue weighted by molar-refractivity contribution is -0.137. The summed E-state index contributed by atoms with van der Waals surface area (Å²) < 4.78 is 37.9. The lowest BCUT2D eigenvalue weighted by atomic mass is 9.99. The molecule has 1 fully saturated rings. The van der Waals surface area contributed by atoms with Gasteiger partial charge in [-0.05, 0) is 17.7 Å². The third-order valence-corrected chi connectivity index (χ3v) is 2.88. The largest absolute Gasteiger partial charge is 0.417 e. The molecule has 0 bridgehead atoms. The van der Waals surface area contributed by atoms with Crippen LogP contribution in [0.1, 0.15) is 30.5 Å². The topological polar surface area (TPSA) is 12.0 Å². The van der Waals surface area contributed by atoms with Crippen molar-refractivity contribution in [3.05, 3.63) is 41.0 Å². The second kappa shape index (κ2) is 7.16. The highest BCUT2D eigenvalue weighted by Gasteiger charge is 2.32. The Bertz CT molecular complexity index is 505. The predicted octanol–water partition coefficient (Wildman–Crippen LogP) is 3.95. The van der Waals surface area contributed by atoms with Crippen LogP contribution in [0.25, 0.3) is 6.08 Å². The molecule has 4 heteroatoms. The summed E-state index contributed by atoms with van der Waals surface area (Å²) >= 11 is 0. The SMILES string of the molecule is C#Cc1cc(/C=C/C2CNC2)ccc1C(F)(F)F.CC. The number of hydrogen-bond acceptors (Lipinski definition) is 1. The fourth-order valence-corrected chi connectivity index (χ4v) is 1.73. The molecule has 108 valence electrons. The Kier molecular flexibility index (Phi) is 5.84. The molecule has 1 aliphatic heterocycles. The van der Waals surface area contributed by atoms with E-state index in [0.29, 0.717) is 11.5 Å². The fourth-order valence-electron chi connectivity index (χ4n) is 1.73. The minimum Gasteiger partial charge on any atom is -0.315 e. The van der Waals surface area contributed by atoms with Crippen LogP contribution < -0.4 is 5.32 Å². The molecule has 0 unspecified atom stereocenters. The number of terminal acetylenes is 1. The third-order valence-electron chi connectivity index (χ3n) is 2.88. The molecule has 1 aromatic rings. The van der Waals surface area contributed by atoms with Gasteiger partial charge in [0.05, 0.1) is 5.56 Å². The molecule has 1 aromatic carbocycles. The number of halogens is 3. The Morgan fingerprint density at radius 1 is 1.30 bits per heavy atom. The first kappa shape index (κ1) is 16.3. The highest BCUT2D eigenvalue weighted by molar-refractivity contribution is 5.56. The summed E-state index contributed by atoms with van der Waals surface area (Å²) in [6.45, 7) is 5.83. The van der Waals surface area contributed by atoms with Gasteiger partial charge in [0, 0.05) is 24.6 Å². The van der Waals surface area contributed by atoms with Crippen LogP contribution in [0, 0.1) is 18.3 Å². The number of benzene rings is 1. The van der Waals surface area contributed by atoms with E-state index in [9.17, 15) is 13.2 Å². The fraction of sp³-hybridized carbons (Fsp3) is 0.375. The number of rotatable bonds is 2. The van der Waals surface area contributed by atoms with Crippen LogP contribution in [0.15, 0.2) is 24.3 Å². The molecule has 20 heavy (non-hydrogen) atoms. The molecule has 0 aliphatic carbocycles. The van der Waals surface area contributed by atoms with E-state index in [1.54, 1.807) is 0 Å². The Labute approximate surface area is 117 Å². The van der Waals surface area contributed by atoms with Gasteiger partial charge in [-0.1, -0.05) is 38.0 Å². The predicted molar refractivity (Wildman–Crippen MR) is 76.1 cm³/mol. The summed E-state index contributed by atoms with van der Waals surface area (Å²) in [4.78, 5) is 0. The van der Waals surface area contributed by atoms with Crippen molar-refractivity contribution in [2.45, 2.75) is 20.0 Å². The molecule has 0 amide bonds. The summed E-state index contributed by atoms with van der Waals surface area (Å²) in [6.07, 6.45) is 4.52. The van der Waals surface area contributed by atoms with Crippen LogP contribution in [0.3, 0.4) is 0 Å². The zero-order valence-corrected chi connectivity index (χ0v) is 11.6. The lowest BCUT2D eigenvalue weighted by Gasteiger charge is -2.23. The minimum absolute atomic E-state index is 0.114. The van der Waals surface area contributed by atoms with Crippen molar-refractivity contribution in [3.63, 3.8) is 0 Å². The van der Waals surface area contributed by atoms with E-state index in [-0.39, 0.29) is 5.56 Å². The van der Waals surface area contributed by atoms with Gasteiger partial charge in [-0.3, -0.25) is 0 Å². The first-order chi connectivity index (χ1) is 9.50. The van der Waals surface area contributed by atoms with Crippen LogP contribution >= 0.6 is 0 Å². The smallest absolute Gasteiger partial charge is 0.315 e. The molecule has 1 nitrogen and oxygen atoms in total. The molecule has 0 radical (unpaired) electrons. The summed E-state index contributed by atoms with van der Waals surface area (Å²) in [6, 6.07) is 3.87. The molecule has 1 heterocycles. The molecule has 1 N–H and O–H groups in total. The second-order valence-corrected chi connectivity index (χ2v) is 4.22. The summed E-state index contributed by atoms with van der Waals surface area (Å²) in [7, 11) is 0. The van der Waals surface area contributed by atoms with Crippen molar-refractivity contribution in [1.29, 1.82) is 0 Å². The van der Waals surface area contributed by atoms with Crippen LogP contribution in [0.5, 0.6) is 0 Å². The monoisotopic (exact) mass is 281 g/mol. The van der Waals surface area contributed by atoms with Crippen LogP contribution in [-0.2, 0) is 6.18 Å². The zero-order valence-electron chi connectivity index (χ0n) is 11.6. The summed E-state index contributed by atoms with van der Waals surface area (Å²) in [5.41, 5.74) is -0.174. The van der Waals surface area contributed by atoms with Gasteiger partial charge in [-0.25, -0.2) is 0 Å². The van der Waals surface area contributed by atoms with E-state index < -0.39 is 11.7 Å². The molecule has 0 atom stereocenters. The quantitative estimate of drug-likeness (QED) is 0.809. The molecule has 0 spiro atoms. The standard InChI is InChI=1S/C14H12F3N.C2H6/c1-2-12-7-10(3-4-11-8-18-9-11)5-6-13(12)14(15,16)17;1-2/h1,3-7,11,18H,8-9H2;1-2H3/b4-3+;. The first-order valence-corrected chi connectivity index (χ1v) is 6.57. The van der Waals surface area contributed by atoms with E-state index in [1.807, 2.05) is 26.0 Å². The highest BCUT2D eigenvalue weighted by atomic mass is 19.4. The molecular weight excluding hydrogens is 263 g/mol. The third kappa shape index (κ3) is 4.14. The average Bonchev–Trinajstić information content (AvgIpc) is 2.38. The van der Waals surface area contributed by atoms with E-state index in [2.05, 4.69) is 11.2 Å². The first-order valence-electron chi connectivity index (χ1n) is 6.57. The van der Waals surface area contributed by atoms with Crippen LogP contribution in [0.2, 0.25) is 0 Å². The van der Waals surface area contributed by atoms with Gasteiger partial charge in [0.1, 0.15) is 0 Å². The molecule has 0 aromatic heterocycles. The Morgan fingerprint density at radius 2 is 1.95 bits per heavy atom. The van der Waals surface area contributed by atoms with E-state index in [1.165, 1.54) is 12.1 Å². The summed E-state index contributed by atoms with van der Waals surface area (Å²) in [5, 5.41) is 3.12. The maximum Gasteiger partial charge on any atom is 0.417 e. The van der Waals surface area contributed by atoms with E-state index in [0.717, 1.165) is 19.2 Å². The highest BCUT2D eigenvalue weighted by Crippen LogP contribution is 2.32. The van der Waals surface area contributed by atoms with Crippen molar-refractivity contribution in [3.8, 4) is 12.3 Å². The second-order valence-electron chi connectivity index (χ2n) is 4.22. The number of nitrogens with one attached hydrogen (secondary N) is 1. The van der Waals surface area contributed by atoms with Gasteiger partial charge in [-0.15, -0.1) is 6.42 Å². The van der Waals surface area contributed by atoms with Crippen LogP contribution in [0.4, 0.5) is 13.2 Å². The zero-order chi connectivity index (χ0) is 15.2. The van der Waals surface area contributed by atoms with E-state index in [4.69, 9.17) is 6.42 Å². The van der Waals surface area contributed by atoms with Gasteiger partial charge in [0.2, 0.25) is 0 Å². The Hall–Kier alpha value is -1.73. The van der Waals surface area contributed by atoms with Crippen molar-refractivity contribution >= 4 is 6.08 Å². The summed E-state index contributed by atoms with van der Waals surface area (Å²) in [5.74, 6) is 2.55. The lowest BCUT2D eigenvalue weighted by Crippen LogP contribution is -2.40. The normalized spacial score (nSPS) is 15.2.